The first-order chi connectivity index (χ1) is 26.2. The van der Waals surface area contributed by atoms with Crippen molar-refractivity contribution in [1.82, 2.24) is 10.6 Å². The summed E-state index contributed by atoms with van der Waals surface area (Å²) in [6.45, 7) is 7.23. The number of methoxy groups -OCH3 is 1. The third-order valence-corrected chi connectivity index (χ3v) is 14.4. The first-order valence-corrected chi connectivity index (χ1v) is 22.1. The molecule has 310 valence electrons. The summed E-state index contributed by atoms with van der Waals surface area (Å²) in [7, 11) is 4.50. The molecular formula is C43H65N5O7S. The molecule has 0 bridgehead atoms. The van der Waals surface area contributed by atoms with Crippen LogP contribution in [0.5, 0.6) is 0 Å². The number of nitrogens with zero attached hydrogens (tertiary/aromatic N) is 1. The Bertz CT molecular complexity index is 1770. The fourth-order valence-corrected chi connectivity index (χ4v) is 11.6. The van der Waals surface area contributed by atoms with Gasteiger partial charge in [0.15, 0.2) is 0 Å². The smallest absolute Gasteiger partial charge is 0.319 e. The molecule has 0 unspecified atom stereocenters. The maximum absolute atomic E-state index is 13.9. The Morgan fingerprint density at radius 2 is 1.41 bits per heavy atom. The number of urea groups is 2. The molecule has 0 saturated heterocycles. The van der Waals surface area contributed by atoms with Gasteiger partial charge in [0.2, 0.25) is 0 Å². The number of para-hydroxylation sites is 2. The maximum atomic E-state index is 13.9. The predicted molar refractivity (Wildman–Crippen MR) is 219 cm³/mol. The number of carbonyl (C=O) groups excluding carboxylic acids is 3. The summed E-state index contributed by atoms with van der Waals surface area (Å²) in [5.74, 6) is 1.82. The van der Waals surface area contributed by atoms with Crippen LogP contribution in [0.25, 0.3) is 0 Å². The second-order valence-corrected chi connectivity index (χ2v) is 19.9. The molecule has 0 spiro atoms. The van der Waals surface area contributed by atoms with Crippen LogP contribution in [0, 0.1) is 46.3 Å². The average Bonchev–Trinajstić information content (AvgIpc) is 3.48. The van der Waals surface area contributed by atoms with Crippen LogP contribution in [0.1, 0.15) is 78.6 Å². The van der Waals surface area contributed by atoms with Gasteiger partial charge in [-0.15, -0.1) is 0 Å². The number of hydrogen-bond acceptors (Lipinski definition) is 7. The predicted octanol–water partition coefficient (Wildman–Crippen LogP) is 7.07. The zero-order chi connectivity index (χ0) is 41.1. The molecule has 13 heteroatoms. The number of hydrogen-bond donors (Lipinski definition) is 4. The Labute approximate surface area is 334 Å². The molecule has 56 heavy (non-hydrogen) atoms. The van der Waals surface area contributed by atoms with E-state index in [1.807, 2.05) is 60.7 Å². The molecule has 12 nitrogen and oxygen atoms in total. The van der Waals surface area contributed by atoms with Crippen molar-refractivity contribution < 1.29 is 36.6 Å². The molecule has 4 N–H and O–H groups in total. The van der Waals surface area contributed by atoms with Crippen LogP contribution >= 0.6 is 0 Å². The van der Waals surface area contributed by atoms with Crippen LogP contribution in [-0.2, 0) is 19.6 Å². The number of fused-ring (bicyclic) bond motifs is 5. The van der Waals surface area contributed by atoms with Gasteiger partial charge in [0.05, 0.1) is 44.4 Å². The summed E-state index contributed by atoms with van der Waals surface area (Å²) in [6.07, 6.45) is 9.17. The minimum Gasteiger partial charge on any atom is -0.748 e. The SMILES string of the molecule is COC(=O)CC[C@@H](C)[C@H]1CC[C@H]2[C@@H]3[C@H](NC(=O)Nc4ccccc4)C[C@@H]4C[C@H]([N+](C)(C)C)CC[C@]4(C)[C@H]3C[C@H](NC(=O)Nc3ccccc3)[C@]12C.CS(=O)(=O)[O-]. The Kier molecular flexibility index (Phi) is 13.5. The second-order valence-electron chi connectivity index (χ2n) is 18.4. The lowest BCUT2D eigenvalue weighted by Crippen LogP contribution is -2.68. The molecule has 0 radical (unpaired) electrons. The first kappa shape index (κ1) is 43.4. The van der Waals surface area contributed by atoms with Crippen molar-refractivity contribution >= 4 is 39.5 Å². The molecule has 6 rings (SSSR count). The first-order valence-electron chi connectivity index (χ1n) is 20.3. The van der Waals surface area contributed by atoms with Crippen LogP contribution in [-0.4, -0.2) is 88.1 Å². The molecule has 2 aromatic carbocycles. The maximum Gasteiger partial charge on any atom is 0.319 e. The number of rotatable bonds is 9. The number of quaternary nitrogens is 1. The van der Waals surface area contributed by atoms with Crippen LogP contribution in [0.2, 0.25) is 0 Å². The fraction of sp³-hybridized carbons (Fsp3) is 0.651. The number of ether oxygens (including phenoxy) is 1. The highest BCUT2D eigenvalue weighted by Crippen LogP contribution is 2.68. The van der Waals surface area contributed by atoms with E-state index in [1.54, 1.807) is 0 Å². The largest absolute Gasteiger partial charge is 0.748 e. The summed E-state index contributed by atoms with van der Waals surface area (Å²) in [5, 5.41) is 13.4. The van der Waals surface area contributed by atoms with Crippen LogP contribution in [0.15, 0.2) is 60.7 Å². The molecule has 4 aliphatic carbocycles. The quantitative estimate of drug-likeness (QED) is 0.120. The van der Waals surface area contributed by atoms with Gasteiger partial charge in [-0.2, -0.15) is 0 Å². The number of carbonyl (C=O) groups is 3. The highest BCUT2D eigenvalue weighted by atomic mass is 32.2. The minimum absolute atomic E-state index is 0.0237. The van der Waals surface area contributed by atoms with E-state index in [-0.39, 0.29) is 52.8 Å². The van der Waals surface area contributed by atoms with Crippen molar-refractivity contribution in [3.05, 3.63) is 60.7 Å². The van der Waals surface area contributed by atoms with E-state index >= 15 is 0 Å². The Morgan fingerprint density at radius 1 is 0.857 bits per heavy atom. The highest BCUT2D eigenvalue weighted by Gasteiger charge is 2.66. The van der Waals surface area contributed by atoms with E-state index < -0.39 is 10.1 Å². The van der Waals surface area contributed by atoms with E-state index in [2.05, 4.69) is 63.2 Å². The lowest BCUT2D eigenvalue weighted by molar-refractivity contribution is -0.898. The molecule has 4 aliphatic rings. The van der Waals surface area contributed by atoms with Crippen molar-refractivity contribution in [2.45, 2.75) is 96.7 Å². The molecule has 11 atom stereocenters. The lowest BCUT2D eigenvalue weighted by atomic mass is 9.42. The van der Waals surface area contributed by atoms with E-state index in [0.29, 0.717) is 42.4 Å². The Morgan fingerprint density at radius 3 is 1.95 bits per heavy atom. The van der Waals surface area contributed by atoms with Gasteiger partial charge in [-0.25, -0.2) is 18.0 Å². The molecule has 0 aliphatic heterocycles. The molecule has 2 aromatic rings. The van der Waals surface area contributed by atoms with Gasteiger partial charge in [-0.3, -0.25) is 4.79 Å². The van der Waals surface area contributed by atoms with Gasteiger partial charge in [0.1, 0.15) is 0 Å². The van der Waals surface area contributed by atoms with Gasteiger partial charge in [0.25, 0.3) is 0 Å². The van der Waals surface area contributed by atoms with Crippen molar-refractivity contribution in [3.63, 3.8) is 0 Å². The van der Waals surface area contributed by atoms with Crippen molar-refractivity contribution in [1.29, 1.82) is 0 Å². The fourth-order valence-electron chi connectivity index (χ4n) is 11.6. The van der Waals surface area contributed by atoms with Crippen LogP contribution in [0.3, 0.4) is 0 Å². The van der Waals surface area contributed by atoms with Crippen LogP contribution < -0.4 is 21.3 Å². The van der Waals surface area contributed by atoms with Gasteiger partial charge in [-0.1, -0.05) is 57.2 Å². The summed E-state index contributed by atoms with van der Waals surface area (Å²) < 4.78 is 33.2. The molecule has 0 heterocycles. The van der Waals surface area contributed by atoms with E-state index in [4.69, 9.17) is 17.7 Å². The van der Waals surface area contributed by atoms with Gasteiger partial charge >= 0.3 is 18.0 Å². The lowest BCUT2D eigenvalue weighted by Gasteiger charge is -2.65. The topological polar surface area (TPSA) is 166 Å². The summed E-state index contributed by atoms with van der Waals surface area (Å²) in [4.78, 5) is 39.9. The number of amides is 4. The van der Waals surface area contributed by atoms with Crippen molar-refractivity contribution in [2.24, 2.45) is 46.3 Å². The zero-order valence-corrected chi connectivity index (χ0v) is 35.4. The summed E-state index contributed by atoms with van der Waals surface area (Å²) in [5.41, 5.74) is 1.45. The minimum atomic E-state index is -3.92. The van der Waals surface area contributed by atoms with E-state index in [0.717, 1.165) is 60.8 Å². The third-order valence-electron chi connectivity index (χ3n) is 14.4. The number of nitrogens with one attached hydrogen (secondary N) is 4. The molecule has 4 fully saturated rings. The molecular weight excluding hydrogens is 731 g/mol. The second kappa shape index (κ2) is 17.4. The van der Waals surface area contributed by atoms with Gasteiger partial charge in [-0.05, 0) is 116 Å². The number of esters is 1. The highest BCUT2D eigenvalue weighted by molar-refractivity contribution is 7.84. The molecule has 4 amide bonds. The molecule has 4 saturated carbocycles. The van der Waals surface area contributed by atoms with Crippen LogP contribution in [0.4, 0.5) is 21.0 Å². The third kappa shape index (κ3) is 10.1. The average molecular weight is 796 g/mol. The molecule has 0 aromatic heterocycles. The standard InChI is InChI=1S/C42H61N5O4.CH4O3S/c1-27(18-21-37(48)51-7)32-19-20-33-38-34(26-36(42(32,33)3)46-40(50)44-30-16-12-9-13-17-30)41(2)23-22-31(47(4,5)6)24-28(41)25-35(38)45-39(49)43-29-14-10-8-11-15-29;1-5(2,3)4/h8-17,27-28,31-36,38H,18-26H2,1-7H3,(H3-,43,44,45,46,49,50);1H3,(H,2,3,4)/t27-,28+,31-,32-,33+,34+,35-,36+,38+,41+,42-;/m1./s1. The summed E-state index contributed by atoms with van der Waals surface area (Å²) in [6, 6.07) is 19.6. The van der Waals surface area contributed by atoms with E-state index in [9.17, 15) is 14.4 Å². The summed E-state index contributed by atoms with van der Waals surface area (Å²) >= 11 is 0. The van der Waals surface area contributed by atoms with Crippen molar-refractivity contribution in [3.8, 4) is 0 Å². The van der Waals surface area contributed by atoms with Crippen molar-refractivity contribution in [2.75, 3.05) is 45.1 Å². The van der Waals surface area contributed by atoms with Gasteiger partial charge in [0, 0.05) is 42.6 Å². The number of anilines is 2. The van der Waals surface area contributed by atoms with E-state index in [1.165, 1.54) is 13.5 Å². The monoisotopic (exact) mass is 795 g/mol. The normalized spacial score (nSPS) is 32.8. The Hall–Kier alpha value is -3.68. The van der Waals surface area contributed by atoms with Gasteiger partial charge < -0.3 is 35.0 Å². The Balaban J connectivity index is 0.00000113. The zero-order valence-electron chi connectivity index (χ0n) is 34.5. The number of benzene rings is 2.